The third-order valence-electron chi connectivity index (χ3n) is 2.34. The van der Waals surface area contributed by atoms with Gasteiger partial charge in [-0.3, -0.25) is 0 Å². The van der Waals surface area contributed by atoms with Crippen LogP contribution in [0.25, 0.3) is 0 Å². The molecule has 0 aliphatic rings. The number of hydrogen-bond donors (Lipinski definition) is 0. The Labute approximate surface area is 107 Å². The van der Waals surface area contributed by atoms with Crippen molar-refractivity contribution in [1.29, 1.82) is 0 Å². The van der Waals surface area contributed by atoms with Gasteiger partial charge in [-0.2, -0.15) is 0 Å². The first kappa shape index (κ1) is 13.6. The zero-order chi connectivity index (χ0) is 12.2. The quantitative estimate of drug-likeness (QED) is 0.711. The maximum atomic E-state index is 5.43. The van der Waals surface area contributed by atoms with Gasteiger partial charge < -0.3 is 4.74 Å². The Kier molecular flexibility index (Phi) is 4.85. The first-order valence-corrected chi connectivity index (χ1v) is 6.71. The van der Waals surface area contributed by atoms with Crippen LogP contribution in [0.5, 0.6) is 5.75 Å². The molecule has 0 aromatic heterocycles. The van der Waals surface area contributed by atoms with Crippen LogP contribution in [0.4, 0.5) is 0 Å². The lowest BCUT2D eigenvalue weighted by Crippen LogP contribution is -2.08. The molecule has 0 aliphatic heterocycles. The van der Waals surface area contributed by atoms with Crippen LogP contribution in [0.15, 0.2) is 24.3 Å². The lowest BCUT2D eigenvalue weighted by Gasteiger charge is -2.22. The van der Waals surface area contributed by atoms with Crippen LogP contribution in [-0.2, 0) is 0 Å². The van der Waals surface area contributed by atoms with Crippen LogP contribution in [0.3, 0.4) is 0 Å². The van der Waals surface area contributed by atoms with Crippen LogP contribution in [0.2, 0.25) is 0 Å². The van der Waals surface area contributed by atoms with Crippen molar-refractivity contribution in [1.82, 2.24) is 0 Å². The number of benzene rings is 1. The van der Waals surface area contributed by atoms with Crippen molar-refractivity contribution in [2.45, 2.75) is 38.9 Å². The van der Waals surface area contributed by atoms with Crippen molar-refractivity contribution >= 4 is 15.9 Å². The van der Waals surface area contributed by atoms with Crippen molar-refractivity contribution in [2.24, 2.45) is 5.41 Å². The summed E-state index contributed by atoms with van der Waals surface area (Å²) in [6.45, 7) is 9.50. The molecule has 1 unspecified atom stereocenters. The van der Waals surface area contributed by atoms with Gasteiger partial charge in [-0.15, -0.1) is 0 Å². The van der Waals surface area contributed by atoms with Crippen molar-refractivity contribution in [3.05, 3.63) is 29.8 Å². The first-order chi connectivity index (χ1) is 7.42. The van der Waals surface area contributed by atoms with E-state index in [0.717, 1.165) is 18.8 Å². The van der Waals surface area contributed by atoms with Gasteiger partial charge in [-0.25, -0.2) is 0 Å². The predicted molar refractivity (Wildman–Crippen MR) is 73.4 cm³/mol. The summed E-state index contributed by atoms with van der Waals surface area (Å²) in [7, 11) is 0. The van der Waals surface area contributed by atoms with Crippen molar-refractivity contribution in [3.63, 3.8) is 0 Å². The summed E-state index contributed by atoms with van der Waals surface area (Å²) in [6.07, 6.45) is 1.13. The highest BCUT2D eigenvalue weighted by Gasteiger charge is 2.17. The van der Waals surface area contributed by atoms with Crippen LogP contribution < -0.4 is 4.74 Å². The molecule has 0 amide bonds. The Morgan fingerprint density at radius 2 is 1.75 bits per heavy atom. The SMILES string of the molecule is CCOc1ccc(C(Br)CC(C)(C)C)cc1. The number of hydrogen-bond acceptors (Lipinski definition) is 1. The second kappa shape index (κ2) is 5.72. The Bertz CT molecular complexity index is 311. The van der Waals surface area contributed by atoms with Crippen LogP contribution in [-0.4, -0.2) is 6.61 Å². The summed E-state index contributed by atoms with van der Waals surface area (Å²) in [5.74, 6) is 0.946. The molecule has 0 saturated carbocycles. The largest absolute Gasteiger partial charge is 0.494 e. The normalized spacial score (nSPS) is 13.6. The maximum Gasteiger partial charge on any atom is 0.119 e. The zero-order valence-electron chi connectivity index (χ0n) is 10.6. The van der Waals surface area contributed by atoms with E-state index in [1.165, 1.54) is 5.56 Å². The molecule has 16 heavy (non-hydrogen) atoms. The summed E-state index contributed by atoms with van der Waals surface area (Å²) >= 11 is 3.74. The second-order valence-electron chi connectivity index (χ2n) is 5.23. The molecule has 0 bridgehead atoms. The Morgan fingerprint density at radius 1 is 1.19 bits per heavy atom. The molecular formula is C14H21BrO. The smallest absolute Gasteiger partial charge is 0.119 e. The van der Waals surface area contributed by atoms with Gasteiger partial charge in [0.1, 0.15) is 5.75 Å². The highest BCUT2D eigenvalue weighted by atomic mass is 79.9. The lowest BCUT2D eigenvalue weighted by atomic mass is 9.88. The molecule has 90 valence electrons. The molecule has 1 rings (SSSR count). The predicted octanol–water partition coefficient (Wildman–Crippen LogP) is 4.96. The van der Waals surface area contributed by atoms with Crippen molar-refractivity contribution < 1.29 is 4.74 Å². The summed E-state index contributed by atoms with van der Waals surface area (Å²) in [5.41, 5.74) is 1.66. The van der Waals surface area contributed by atoms with Crippen LogP contribution in [0, 0.1) is 5.41 Å². The van der Waals surface area contributed by atoms with E-state index in [9.17, 15) is 0 Å². The monoisotopic (exact) mass is 284 g/mol. The Hall–Kier alpha value is -0.500. The molecule has 0 heterocycles. The van der Waals surface area contributed by atoms with E-state index in [1.807, 2.05) is 19.1 Å². The summed E-state index contributed by atoms with van der Waals surface area (Å²) in [5, 5.41) is 0. The minimum atomic E-state index is 0.340. The fraction of sp³-hybridized carbons (Fsp3) is 0.571. The van der Waals surface area contributed by atoms with Gasteiger partial charge in [0.05, 0.1) is 6.61 Å². The molecule has 0 saturated heterocycles. The molecule has 0 spiro atoms. The van der Waals surface area contributed by atoms with Gasteiger partial charge in [-0.05, 0) is 36.5 Å². The van der Waals surface area contributed by atoms with E-state index in [4.69, 9.17) is 4.74 Å². The summed E-state index contributed by atoms with van der Waals surface area (Å²) in [6, 6.07) is 8.35. The van der Waals surface area contributed by atoms with E-state index in [-0.39, 0.29) is 0 Å². The standard InChI is InChI=1S/C14H21BrO/c1-5-16-12-8-6-11(7-9-12)13(15)10-14(2,3)4/h6-9,13H,5,10H2,1-4H3. The second-order valence-corrected chi connectivity index (χ2v) is 6.34. The van der Waals surface area contributed by atoms with Crippen molar-refractivity contribution in [3.8, 4) is 5.75 Å². The lowest BCUT2D eigenvalue weighted by molar-refractivity contribution is 0.340. The van der Waals surface area contributed by atoms with Crippen molar-refractivity contribution in [2.75, 3.05) is 6.61 Å². The van der Waals surface area contributed by atoms with Gasteiger partial charge in [0.25, 0.3) is 0 Å². The fourth-order valence-electron chi connectivity index (χ4n) is 1.60. The van der Waals surface area contributed by atoms with Crippen LogP contribution in [0.1, 0.15) is 44.5 Å². The fourth-order valence-corrected chi connectivity index (χ4v) is 2.87. The highest BCUT2D eigenvalue weighted by molar-refractivity contribution is 9.09. The zero-order valence-corrected chi connectivity index (χ0v) is 12.2. The number of ether oxygens (including phenoxy) is 1. The number of halogens is 1. The molecule has 1 nitrogen and oxygen atoms in total. The highest BCUT2D eigenvalue weighted by Crippen LogP contribution is 2.35. The van der Waals surface area contributed by atoms with Gasteiger partial charge in [0.15, 0.2) is 0 Å². The third-order valence-corrected chi connectivity index (χ3v) is 3.20. The van der Waals surface area contributed by atoms with E-state index < -0.39 is 0 Å². The van der Waals surface area contributed by atoms with Gasteiger partial charge in [0.2, 0.25) is 0 Å². The molecular weight excluding hydrogens is 264 g/mol. The van der Waals surface area contributed by atoms with E-state index in [1.54, 1.807) is 0 Å². The molecule has 0 N–H and O–H groups in total. The molecule has 2 heteroatoms. The average molecular weight is 285 g/mol. The first-order valence-electron chi connectivity index (χ1n) is 5.79. The maximum absolute atomic E-state index is 5.43. The Balaban J connectivity index is 2.66. The topological polar surface area (TPSA) is 9.23 Å². The van der Waals surface area contributed by atoms with E-state index in [0.29, 0.717) is 10.2 Å². The summed E-state index contributed by atoms with van der Waals surface area (Å²) in [4.78, 5) is 0.420. The molecule has 0 fully saturated rings. The molecule has 0 radical (unpaired) electrons. The molecule has 0 aliphatic carbocycles. The summed E-state index contributed by atoms with van der Waals surface area (Å²) < 4.78 is 5.43. The van der Waals surface area contributed by atoms with Gasteiger partial charge in [-0.1, -0.05) is 48.8 Å². The average Bonchev–Trinajstić information content (AvgIpc) is 2.16. The number of alkyl halides is 1. The van der Waals surface area contributed by atoms with Gasteiger partial charge in [0, 0.05) is 4.83 Å². The minimum Gasteiger partial charge on any atom is -0.494 e. The molecule has 1 aromatic rings. The molecule has 1 aromatic carbocycles. The molecule has 1 atom stereocenters. The third kappa shape index (κ3) is 4.56. The minimum absolute atomic E-state index is 0.340. The number of rotatable bonds is 4. The van der Waals surface area contributed by atoms with Gasteiger partial charge >= 0.3 is 0 Å². The van der Waals surface area contributed by atoms with E-state index in [2.05, 4.69) is 48.8 Å². The van der Waals surface area contributed by atoms with Crippen LogP contribution >= 0.6 is 15.9 Å². The van der Waals surface area contributed by atoms with E-state index >= 15 is 0 Å². The Morgan fingerprint density at radius 3 is 2.19 bits per heavy atom.